The van der Waals surface area contributed by atoms with Crippen LogP contribution in [0.4, 0.5) is 0 Å². The second kappa shape index (κ2) is 9.32. The van der Waals surface area contributed by atoms with Crippen LogP contribution >= 0.6 is 23.2 Å². The van der Waals surface area contributed by atoms with Crippen LogP contribution < -0.4 is 0 Å². The van der Waals surface area contributed by atoms with Gasteiger partial charge in [-0.2, -0.15) is 0 Å². The van der Waals surface area contributed by atoms with Gasteiger partial charge in [0.25, 0.3) is 0 Å². The highest BCUT2D eigenvalue weighted by Crippen LogP contribution is 2.24. The molecule has 2 heterocycles. The van der Waals surface area contributed by atoms with Gasteiger partial charge in [-0.1, -0.05) is 57.8 Å². The summed E-state index contributed by atoms with van der Waals surface area (Å²) in [5.74, 6) is 1.14. The van der Waals surface area contributed by atoms with Gasteiger partial charge in [0.2, 0.25) is 0 Å². The summed E-state index contributed by atoms with van der Waals surface area (Å²) in [6, 6.07) is 17.7. The Kier molecular flexibility index (Phi) is 6.60. The summed E-state index contributed by atoms with van der Waals surface area (Å²) in [5, 5.41) is 17.3. The van der Waals surface area contributed by atoms with E-state index < -0.39 is 0 Å². The molecule has 0 aliphatic rings. The van der Waals surface area contributed by atoms with Crippen molar-refractivity contribution < 1.29 is 18.9 Å². The number of carbonyl (C=O) groups excluding carboxylic acids is 1. The standard InChI is InChI=1S/C10H8ClNO2.C10H6ClNO2/c2*11-8-3-1-2-7(4-8)10-5-9(6-13)12-14-10/h1-5,13H,6H2;1-6H. The van der Waals surface area contributed by atoms with Crippen molar-refractivity contribution in [1.29, 1.82) is 0 Å². The first-order valence-electron chi connectivity index (χ1n) is 8.09. The first kappa shape index (κ1) is 19.8. The summed E-state index contributed by atoms with van der Waals surface area (Å²) in [4.78, 5) is 10.4. The monoisotopic (exact) mass is 416 g/mol. The first-order valence-corrected chi connectivity index (χ1v) is 8.85. The van der Waals surface area contributed by atoms with Gasteiger partial charge in [0.1, 0.15) is 11.4 Å². The molecule has 0 saturated heterocycles. The third-order valence-electron chi connectivity index (χ3n) is 3.59. The molecule has 0 atom stereocenters. The van der Waals surface area contributed by atoms with Crippen molar-refractivity contribution in [3.05, 3.63) is 82.1 Å². The van der Waals surface area contributed by atoms with Gasteiger partial charge in [0.15, 0.2) is 17.8 Å². The zero-order chi connectivity index (χ0) is 19.9. The Hall–Kier alpha value is -2.93. The van der Waals surface area contributed by atoms with Crippen LogP contribution in [0.25, 0.3) is 22.6 Å². The third kappa shape index (κ3) is 5.07. The summed E-state index contributed by atoms with van der Waals surface area (Å²) in [7, 11) is 0. The molecular weight excluding hydrogens is 403 g/mol. The number of hydrogen-bond donors (Lipinski definition) is 1. The van der Waals surface area contributed by atoms with Crippen LogP contribution in [0.5, 0.6) is 0 Å². The molecule has 0 saturated carbocycles. The van der Waals surface area contributed by atoms with Gasteiger partial charge in [-0.05, 0) is 24.3 Å². The Morgan fingerprint density at radius 3 is 1.89 bits per heavy atom. The maximum absolute atomic E-state index is 10.4. The summed E-state index contributed by atoms with van der Waals surface area (Å²) in [5.41, 5.74) is 2.45. The number of halogens is 2. The van der Waals surface area contributed by atoms with E-state index in [2.05, 4.69) is 10.3 Å². The zero-order valence-corrected chi connectivity index (χ0v) is 15.9. The second-order valence-electron chi connectivity index (χ2n) is 5.60. The van der Waals surface area contributed by atoms with E-state index in [1.165, 1.54) is 0 Å². The van der Waals surface area contributed by atoms with Crippen LogP contribution in [0.1, 0.15) is 16.2 Å². The number of carbonyl (C=O) groups is 1. The fourth-order valence-corrected chi connectivity index (χ4v) is 2.67. The van der Waals surface area contributed by atoms with Crippen molar-refractivity contribution in [2.24, 2.45) is 0 Å². The van der Waals surface area contributed by atoms with Crippen LogP contribution in [0.15, 0.2) is 69.7 Å². The summed E-state index contributed by atoms with van der Waals surface area (Å²) < 4.78 is 9.98. The Labute approximate surface area is 170 Å². The highest BCUT2D eigenvalue weighted by Gasteiger charge is 2.06. The number of aliphatic hydroxyl groups excluding tert-OH is 1. The lowest BCUT2D eigenvalue weighted by Gasteiger charge is -1.94. The first-order chi connectivity index (χ1) is 13.6. The molecule has 8 heteroatoms. The number of benzene rings is 2. The topological polar surface area (TPSA) is 89.4 Å². The van der Waals surface area contributed by atoms with Crippen LogP contribution in [-0.2, 0) is 6.61 Å². The van der Waals surface area contributed by atoms with Crippen LogP contribution in [0.3, 0.4) is 0 Å². The van der Waals surface area contributed by atoms with Gasteiger partial charge in [-0.3, -0.25) is 4.79 Å². The highest BCUT2D eigenvalue weighted by molar-refractivity contribution is 6.31. The molecular formula is C20H14Cl2N2O4. The van der Waals surface area contributed by atoms with Gasteiger partial charge < -0.3 is 14.2 Å². The molecule has 2 aromatic carbocycles. The molecule has 1 N–H and O–H groups in total. The molecule has 142 valence electrons. The fourth-order valence-electron chi connectivity index (χ4n) is 2.29. The lowest BCUT2D eigenvalue weighted by molar-refractivity contribution is 0.111. The van der Waals surface area contributed by atoms with E-state index in [1.807, 2.05) is 18.2 Å². The van der Waals surface area contributed by atoms with Gasteiger partial charge in [0, 0.05) is 33.3 Å². The van der Waals surface area contributed by atoms with E-state index >= 15 is 0 Å². The third-order valence-corrected chi connectivity index (χ3v) is 4.06. The molecule has 4 aromatic rings. The number of rotatable bonds is 4. The maximum Gasteiger partial charge on any atom is 0.171 e. The fraction of sp³-hybridized carbons (Fsp3) is 0.0500. The number of aromatic nitrogens is 2. The Bertz CT molecular complexity index is 1080. The normalized spacial score (nSPS) is 10.2. The number of aliphatic hydroxyl groups is 1. The van der Waals surface area contributed by atoms with Gasteiger partial charge >= 0.3 is 0 Å². The average molecular weight is 417 g/mol. The molecule has 0 radical (unpaired) electrons. The minimum Gasteiger partial charge on any atom is -0.390 e. The quantitative estimate of drug-likeness (QED) is 0.454. The average Bonchev–Trinajstić information content (AvgIpc) is 3.38. The van der Waals surface area contributed by atoms with Crippen molar-refractivity contribution >= 4 is 29.5 Å². The minimum atomic E-state index is -0.121. The highest BCUT2D eigenvalue weighted by atomic mass is 35.5. The van der Waals surface area contributed by atoms with Crippen LogP contribution in [-0.4, -0.2) is 21.7 Å². The molecule has 2 aromatic heterocycles. The number of hydrogen-bond acceptors (Lipinski definition) is 6. The minimum absolute atomic E-state index is 0.121. The molecule has 0 bridgehead atoms. The van der Waals surface area contributed by atoms with Crippen LogP contribution in [0.2, 0.25) is 10.0 Å². The van der Waals surface area contributed by atoms with E-state index in [1.54, 1.807) is 42.5 Å². The van der Waals surface area contributed by atoms with Gasteiger partial charge in [-0.15, -0.1) is 0 Å². The van der Waals surface area contributed by atoms with E-state index in [0.717, 1.165) is 11.1 Å². The van der Waals surface area contributed by atoms with Gasteiger partial charge in [0.05, 0.1) is 6.61 Å². The van der Waals surface area contributed by atoms with Crippen molar-refractivity contribution in [2.75, 3.05) is 0 Å². The SMILES string of the molecule is O=Cc1cc(-c2cccc(Cl)c2)on1.OCc1cc(-c2cccc(Cl)c2)on1. The predicted molar refractivity (Wildman–Crippen MR) is 105 cm³/mol. The Balaban J connectivity index is 0.000000161. The molecule has 28 heavy (non-hydrogen) atoms. The van der Waals surface area contributed by atoms with Crippen LogP contribution in [0, 0.1) is 0 Å². The lowest BCUT2D eigenvalue weighted by atomic mass is 10.2. The molecule has 0 aliphatic heterocycles. The summed E-state index contributed by atoms with van der Waals surface area (Å²) >= 11 is 11.6. The Morgan fingerprint density at radius 2 is 1.43 bits per heavy atom. The molecule has 6 nitrogen and oxygen atoms in total. The second-order valence-corrected chi connectivity index (χ2v) is 6.47. The lowest BCUT2D eigenvalue weighted by Crippen LogP contribution is -1.78. The largest absolute Gasteiger partial charge is 0.390 e. The molecule has 0 unspecified atom stereocenters. The molecule has 0 amide bonds. The van der Waals surface area contributed by atoms with E-state index in [9.17, 15) is 4.79 Å². The number of nitrogens with zero attached hydrogens (tertiary/aromatic N) is 2. The number of aldehydes is 1. The van der Waals surface area contributed by atoms with E-state index in [-0.39, 0.29) is 12.3 Å². The summed E-state index contributed by atoms with van der Waals surface area (Å²) in [6.45, 7) is -0.121. The smallest absolute Gasteiger partial charge is 0.171 e. The molecule has 4 rings (SSSR count). The van der Waals surface area contributed by atoms with Crippen molar-refractivity contribution in [1.82, 2.24) is 10.3 Å². The maximum atomic E-state index is 10.4. The predicted octanol–water partition coefficient (Wildman–Crippen LogP) is 5.29. The Morgan fingerprint density at radius 1 is 0.857 bits per heavy atom. The van der Waals surface area contributed by atoms with Crippen molar-refractivity contribution in [2.45, 2.75) is 6.61 Å². The van der Waals surface area contributed by atoms with Crippen molar-refractivity contribution in [3.63, 3.8) is 0 Å². The van der Waals surface area contributed by atoms with Crippen molar-refractivity contribution in [3.8, 4) is 22.6 Å². The molecule has 0 fully saturated rings. The van der Waals surface area contributed by atoms with E-state index in [4.69, 9.17) is 37.4 Å². The molecule has 0 aliphatic carbocycles. The summed E-state index contributed by atoms with van der Waals surface area (Å²) in [6.07, 6.45) is 0.636. The molecule has 0 spiro atoms. The zero-order valence-electron chi connectivity index (χ0n) is 14.4. The van der Waals surface area contributed by atoms with Gasteiger partial charge in [-0.25, -0.2) is 0 Å². The van der Waals surface area contributed by atoms with E-state index in [0.29, 0.717) is 33.5 Å².